The van der Waals surface area contributed by atoms with Crippen molar-refractivity contribution in [2.24, 2.45) is 0 Å². The molecule has 0 heterocycles. The molecule has 1 nitrogen and oxygen atoms in total. The number of rotatable bonds is 1. The van der Waals surface area contributed by atoms with E-state index < -0.39 is 0 Å². The van der Waals surface area contributed by atoms with Gasteiger partial charge in [0, 0.05) is 17.3 Å². The first kappa shape index (κ1) is 6.98. The number of terminal acetylenes is 1. The lowest BCUT2D eigenvalue weighted by Gasteiger charge is -1.98. The predicted octanol–water partition coefficient (Wildman–Crippen LogP) is 2.23. The molecular weight excluding hydrogens is 146 g/mol. The molecule has 2 heteroatoms. The Morgan fingerprint density at radius 3 is 2.60 bits per heavy atom. The van der Waals surface area contributed by atoms with Gasteiger partial charge in [0.2, 0.25) is 0 Å². The molecule has 1 aromatic carbocycles. The van der Waals surface area contributed by atoms with Crippen LogP contribution in [-0.2, 0) is 0 Å². The fourth-order valence-electron chi connectivity index (χ4n) is 0.691. The Hall–Kier alpha value is -1.13. The van der Waals surface area contributed by atoms with E-state index in [9.17, 15) is 0 Å². The Morgan fingerprint density at radius 1 is 1.40 bits per heavy atom. The average Bonchev–Trinajstić information content (AvgIpc) is 2.04. The van der Waals surface area contributed by atoms with Crippen LogP contribution < -0.4 is 4.84 Å². The predicted molar refractivity (Wildman–Crippen MR) is 43.9 cm³/mol. The van der Waals surface area contributed by atoms with Gasteiger partial charge >= 0.3 is 0 Å². The molecule has 0 aliphatic rings. The van der Waals surface area contributed by atoms with E-state index in [2.05, 4.69) is 10.8 Å². The van der Waals surface area contributed by atoms with Crippen LogP contribution in [0.5, 0.6) is 0 Å². The maximum absolute atomic E-state index is 5.37. The molecule has 0 saturated carbocycles. The summed E-state index contributed by atoms with van der Waals surface area (Å²) in [6.07, 6.45) is 5.18. The lowest BCUT2D eigenvalue weighted by Crippen LogP contribution is -1.83. The topological polar surface area (TPSA) is 12.0 Å². The Kier molecular flexibility index (Phi) is 2.20. The van der Waals surface area contributed by atoms with E-state index in [4.69, 9.17) is 18.2 Å². The summed E-state index contributed by atoms with van der Waals surface area (Å²) in [5, 5.41) is 0. The standard InChI is InChI=1S/C8H6ClN/c1-2-7-5-3-4-6-8(7)10-9/h1,3-6,10H. The van der Waals surface area contributed by atoms with E-state index in [0.29, 0.717) is 0 Å². The SMILES string of the molecule is C#Cc1ccccc1NCl. The number of anilines is 1. The molecule has 1 N–H and O–H groups in total. The van der Waals surface area contributed by atoms with Gasteiger partial charge in [0.1, 0.15) is 0 Å². The average molecular weight is 152 g/mol. The summed E-state index contributed by atoms with van der Waals surface area (Å²) >= 11 is 5.37. The van der Waals surface area contributed by atoms with Gasteiger partial charge in [0.15, 0.2) is 0 Å². The molecular formula is C8H6ClN. The quantitative estimate of drug-likeness (QED) is 0.480. The van der Waals surface area contributed by atoms with Crippen molar-refractivity contribution in [3.63, 3.8) is 0 Å². The van der Waals surface area contributed by atoms with Crippen LogP contribution in [0.15, 0.2) is 24.3 Å². The normalized spacial score (nSPS) is 8.40. The zero-order valence-electron chi connectivity index (χ0n) is 5.26. The number of para-hydroxylation sites is 1. The number of nitrogens with one attached hydrogen (secondary N) is 1. The highest BCUT2D eigenvalue weighted by atomic mass is 35.5. The minimum atomic E-state index is 0.770. The molecule has 0 aliphatic carbocycles. The van der Waals surface area contributed by atoms with Crippen LogP contribution in [0.3, 0.4) is 0 Å². The lowest BCUT2D eigenvalue weighted by atomic mass is 10.2. The lowest BCUT2D eigenvalue weighted by molar-refractivity contribution is 1.62. The smallest absolute Gasteiger partial charge is 0.0648 e. The van der Waals surface area contributed by atoms with Crippen molar-refractivity contribution in [1.82, 2.24) is 0 Å². The highest BCUT2D eigenvalue weighted by Gasteiger charge is 1.93. The van der Waals surface area contributed by atoms with Crippen LogP contribution >= 0.6 is 11.8 Å². The summed E-state index contributed by atoms with van der Waals surface area (Å²) in [4.78, 5) is 2.48. The van der Waals surface area contributed by atoms with Crippen molar-refractivity contribution in [3.8, 4) is 12.3 Å². The Bertz CT molecular complexity index is 262. The molecule has 1 aromatic rings. The van der Waals surface area contributed by atoms with Crippen molar-refractivity contribution >= 4 is 17.5 Å². The van der Waals surface area contributed by atoms with E-state index in [-0.39, 0.29) is 0 Å². The number of hydrogen-bond donors (Lipinski definition) is 1. The Morgan fingerprint density at radius 2 is 2.10 bits per heavy atom. The first-order valence-corrected chi connectivity index (χ1v) is 3.18. The molecule has 0 aromatic heterocycles. The van der Waals surface area contributed by atoms with Gasteiger partial charge in [-0.1, -0.05) is 18.1 Å². The fraction of sp³-hybridized carbons (Fsp3) is 0. The number of benzene rings is 1. The van der Waals surface area contributed by atoms with Crippen LogP contribution in [0.2, 0.25) is 0 Å². The van der Waals surface area contributed by atoms with Gasteiger partial charge in [0.05, 0.1) is 5.69 Å². The van der Waals surface area contributed by atoms with Gasteiger partial charge in [-0.3, -0.25) is 4.84 Å². The minimum Gasteiger partial charge on any atom is -0.297 e. The summed E-state index contributed by atoms with van der Waals surface area (Å²) in [6, 6.07) is 7.38. The van der Waals surface area contributed by atoms with Crippen molar-refractivity contribution in [2.75, 3.05) is 4.84 Å². The third-order valence-corrected chi connectivity index (χ3v) is 1.39. The van der Waals surface area contributed by atoms with Crippen LogP contribution in [0, 0.1) is 12.3 Å². The molecule has 0 spiro atoms. The first-order valence-electron chi connectivity index (χ1n) is 2.81. The molecule has 0 atom stereocenters. The highest BCUT2D eigenvalue weighted by Crippen LogP contribution is 2.13. The molecule has 1 rings (SSSR count). The van der Waals surface area contributed by atoms with Gasteiger partial charge in [-0.15, -0.1) is 6.42 Å². The molecule has 0 fully saturated rings. The molecule has 0 radical (unpaired) electrons. The fourth-order valence-corrected chi connectivity index (χ4v) is 0.856. The van der Waals surface area contributed by atoms with E-state index in [1.165, 1.54) is 0 Å². The van der Waals surface area contributed by atoms with Crippen molar-refractivity contribution in [2.45, 2.75) is 0 Å². The molecule has 0 aliphatic heterocycles. The summed E-state index contributed by atoms with van der Waals surface area (Å²) in [5.41, 5.74) is 1.55. The van der Waals surface area contributed by atoms with Crippen molar-refractivity contribution < 1.29 is 0 Å². The number of hydrogen-bond acceptors (Lipinski definition) is 1. The number of halogens is 1. The van der Waals surface area contributed by atoms with E-state index >= 15 is 0 Å². The zero-order chi connectivity index (χ0) is 7.40. The van der Waals surface area contributed by atoms with E-state index in [0.717, 1.165) is 11.3 Å². The first-order chi connectivity index (χ1) is 4.88. The molecule has 10 heavy (non-hydrogen) atoms. The van der Waals surface area contributed by atoms with Crippen LogP contribution in [0.1, 0.15) is 5.56 Å². The maximum Gasteiger partial charge on any atom is 0.0648 e. The summed E-state index contributed by atoms with van der Waals surface area (Å²) in [5.74, 6) is 2.50. The largest absolute Gasteiger partial charge is 0.297 e. The van der Waals surface area contributed by atoms with Gasteiger partial charge in [-0.25, -0.2) is 0 Å². The minimum absolute atomic E-state index is 0.770. The second kappa shape index (κ2) is 3.14. The monoisotopic (exact) mass is 151 g/mol. The van der Waals surface area contributed by atoms with Crippen LogP contribution in [0.4, 0.5) is 5.69 Å². The van der Waals surface area contributed by atoms with Crippen LogP contribution in [-0.4, -0.2) is 0 Å². The third kappa shape index (κ3) is 1.23. The second-order valence-electron chi connectivity index (χ2n) is 1.78. The summed E-state index contributed by atoms with van der Waals surface area (Å²) in [6.45, 7) is 0. The molecule has 0 unspecified atom stereocenters. The van der Waals surface area contributed by atoms with Crippen LogP contribution in [0.25, 0.3) is 0 Å². The maximum atomic E-state index is 5.37. The van der Waals surface area contributed by atoms with Crippen molar-refractivity contribution in [1.29, 1.82) is 0 Å². The third-order valence-electron chi connectivity index (χ3n) is 1.18. The summed E-state index contributed by atoms with van der Waals surface area (Å²) in [7, 11) is 0. The zero-order valence-corrected chi connectivity index (χ0v) is 6.02. The highest BCUT2D eigenvalue weighted by molar-refractivity contribution is 6.24. The van der Waals surface area contributed by atoms with Gasteiger partial charge in [-0.05, 0) is 12.1 Å². The summed E-state index contributed by atoms with van der Waals surface area (Å²) < 4.78 is 0. The molecule has 0 saturated heterocycles. The van der Waals surface area contributed by atoms with Gasteiger partial charge < -0.3 is 0 Å². The molecule has 0 amide bonds. The molecule has 50 valence electrons. The van der Waals surface area contributed by atoms with E-state index in [1.54, 1.807) is 0 Å². The van der Waals surface area contributed by atoms with Gasteiger partial charge in [-0.2, -0.15) is 0 Å². The van der Waals surface area contributed by atoms with Gasteiger partial charge in [0.25, 0.3) is 0 Å². The molecule has 0 bridgehead atoms. The van der Waals surface area contributed by atoms with Crippen molar-refractivity contribution in [3.05, 3.63) is 29.8 Å². The second-order valence-corrected chi connectivity index (χ2v) is 1.97. The van der Waals surface area contributed by atoms with E-state index in [1.807, 2.05) is 24.3 Å². The Labute approximate surface area is 65.1 Å². The Balaban J connectivity index is 3.12.